The Hall–Kier alpha value is -0.600. The van der Waals surface area contributed by atoms with Crippen molar-refractivity contribution in [1.82, 2.24) is 5.01 Å². The van der Waals surface area contributed by atoms with Crippen molar-refractivity contribution in [3.8, 4) is 0 Å². The van der Waals surface area contributed by atoms with Gasteiger partial charge in [-0.15, -0.1) is 4.91 Å². The predicted molar refractivity (Wildman–Crippen MR) is 42.5 cm³/mol. The first-order valence-electron chi connectivity index (χ1n) is 3.52. The van der Waals surface area contributed by atoms with E-state index < -0.39 is 0 Å². The molecule has 0 aliphatic heterocycles. The summed E-state index contributed by atoms with van der Waals surface area (Å²) in [6.45, 7) is 9.80. The van der Waals surface area contributed by atoms with Gasteiger partial charge in [-0.3, -0.25) is 5.01 Å². The molecule has 0 aliphatic rings. The lowest BCUT2D eigenvalue weighted by Gasteiger charge is -2.32. The third-order valence-corrected chi connectivity index (χ3v) is 1.26. The molecule has 0 amide bonds. The van der Waals surface area contributed by atoms with Gasteiger partial charge in [0.15, 0.2) is 0 Å². The molecule has 0 atom stereocenters. The van der Waals surface area contributed by atoms with Crippen LogP contribution < -0.4 is 0 Å². The molecule has 0 aliphatic carbocycles. The Bertz CT molecular complexity index is 115. The molecule has 0 saturated heterocycles. The molecule has 0 aromatic rings. The lowest BCUT2D eigenvalue weighted by atomic mass is 10.1. The Kier molecular flexibility index (Phi) is 2.81. The van der Waals surface area contributed by atoms with Crippen LogP contribution in [0.2, 0.25) is 0 Å². The fraction of sp³-hybridized carbons (Fsp3) is 1.00. The van der Waals surface area contributed by atoms with Crippen molar-refractivity contribution in [2.24, 2.45) is 5.29 Å². The van der Waals surface area contributed by atoms with Crippen LogP contribution >= 0.6 is 0 Å². The maximum atomic E-state index is 10.3. The summed E-state index contributed by atoms with van der Waals surface area (Å²) in [5.74, 6) is 0. The van der Waals surface area contributed by atoms with Gasteiger partial charge in [0, 0.05) is 6.04 Å². The molecule has 0 fully saturated rings. The monoisotopic (exact) mass is 144 g/mol. The van der Waals surface area contributed by atoms with Gasteiger partial charge < -0.3 is 0 Å². The minimum Gasteiger partial charge on any atom is -0.253 e. The molecular formula is C7H16N2O. The van der Waals surface area contributed by atoms with Gasteiger partial charge in [-0.25, -0.2) is 0 Å². The topological polar surface area (TPSA) is 32.7 Å². The molecule has 3 nitrogen and oxygen atoms in total. The first kappa shape index (κ1) is 9.40. The molecule has 10 heavy (non-hydrogen) atoms. The van der Waals surface area contributed by atoms with Crippen LogP contribution in [-0.4, -0.2) is 16.6 Å². The van der Waals surface area contributed by atoms with Crippen LogP contribution in [0.3, 0.4) is 0 Å². The normalized spacial score (nSPS) is 11.8. The van der Waals surface area contributed by atoms with Crippen molar-refractivity contribution in [3.05, 3.63) is 4.91 Å². The fourth-order valence-corrected chi connectivity index (χ4v) is 0.991. The Labute approximate surface area is 62.4 Å². The highest BCUT2D eigenvalue weighted by atomic mass is 16.3. The molecule has 0 unspecified atom stereocenters. The Morgan fingerprint density at radius 1 is 1.30 bits per heavy atom. The predicted octanol–water partition coefficient (Wildman–Crippen LogP) is 2.18. The summed E-state index contributed by atoms with van der Waals surface area (Å²) in [5, 5.41) is 4.49. The molecule has 0 spiro atoms. The summed E-state index contributed by atoms with van der Waals surface area (Å²) in [7, 11) is 0. The van der Waals surface area contributed by atoms with E-state index in [1.165, 1.54) is 0 Å². The minimum atomic E-state index is -0.157. The van der Waals surface area contributed by atoms with Crippen LogP contribution in [0, 0.1) is 4.91 Å². The molecule has 60 valence electrons. The highest BCUT2D eigenvalue weighted by Gasteiger charge is 2.23. The number of nitroso groups, excluding NO2 is 1. The van der Waals surface area contributed by atoms with Crippen LogP contribution in [0.1, 0.15) is 34.6 Å². The minimum absolute atomic E-state index is 0.157. The zero-order valence-corrected chi connectivity index (χ0v) is 7.38. The van der Waals surface area contributed by atoms with Crippen LogP contribution in [-0.2, 0) is 0 Å². The number of rotatable bonds is 2. The third-order valence-electron chi connectivity index (χ3n) is 1.26. The lowest BCUT2D eigenvalue weighted by Crippen LogP contribution is -2.41. The second-order valence-electron chi connectivity index (χ2n) is 3.69. The second-order valence-corrected chi connectivity index (χ2v) is 3.69. The Morgan fingerprint density at radius 3 is 1.70 bits per heavy atom. The van der Waals surface area contributed by atoms with Gasteiger partial charge >= 0.3 is 0 Å². The van der Waals surface area contributed by atoms with Crippen molar-refractivity contribution >= 4 is 0 Å². The average Bonchev–Trinajstić information content (AvgIpc) is 1.60. The van der Waals surface area contributed by atoms with E-state index in [1.807, 2.05) is 34.6 Å². The van der Waals surface area contributed by atoms with E-state index >= 15 is 0 Å². The van der Waals surface area contributed by atoms with Gasteiger partial charge in [0.1, 0.15) is 0 Å². The lowest BCUT2D eigenvalue weighted by molar-refractivity contribution is 0.101. The Morgan fingerprint density at radius 2 is 1.70 bits per heavy atom. The van der Waals surface area contributed by atoms with Gasteiger partial charge in [0.25, 0.3) is 0 Å². The fourth-order valence-electron chi connectivity index (χ4n) is 0.991. The molecular weight excluding hydrogens is 128 g/mol. The molecule has 0 radical (unpaired) electrons. The van der Waals surface area contributed by atoms with E-state index in [0.717, 1.165) is 0 Å². The van der Waals surface area contributed by atoms with Gasteiger partial charge in [0.05, 0.1) is 10.8 Å². The quantitative estimate of drug-likeness (QED) is 0.439. The van der Waals surface area contributed by atoms with E-state index in [0.29, 0.717) is 0 Å². The SMILES string of the molecule is CC(C)N(N=O)C(C)(C)C. The standard InChI is InChI=1S/C7H16N2O/c1-6(2)9(8-10)7(3,4)5/h6H,1-5H3. The maximum Gasteiger partial charge on any atom is 0.0531 e. The molecule has 0 heterocycles. The molecule has 0 bridgehead atoms. The van der Waals surface area contributed by atoms with Gasteiger partial charge in [0.2, 0.25) is 0 Å². The highest BCUT2D eigenvalue weighted by Crippen LogP contribution is 2.16. The molecule has 0 aromatic heterocycles. The van der Waals surface area contributed by atoms with Crippen LogP contribution in [0.25, 0.3) is 0 Å². The zero-order chi connectivity index (χ0) is 8.36. The van der Waals surface area contributed by atoms with E-state index in [9.17, 15) is 4.91 Å². The number of nitrogens with zero attached hydrogens (tertiary/aromatic N) is 2. The van der Waals surface area contributed by atoms with Gasteiger partial charge in [-0.1, -0.05) is 0 Å². The van der Waals surface area contributed by atoms with E-state index in [2.05, 4.69) is 5.29 Å². The van der Waals surface area contributed by atoms with E-state index in [1.54, 1.807) is 5.01 Å². The summed E-state index contributed by atoms with van der Waals surface area (Å²) < 4.78 is 0. The van der Waals surface area contributed by atoms with Crippen molar-refractivity contribution in [2.45, 2.75) is 46.2 Å². The highest BCUT2D eigenvalue weighted by molar-refractivity contribution is 4.75. The molecule has 0 aromatic carbocycles. The molecule has 3 heteroatoms. The van der Waals surface area contributed by atoms with E-state index in [4.69, 9.17) is 0 Å². The smallest absolute Gasteiger partial charge is 0.0531 e. The maximum absolute atomic E-state index is 10.3. The number of hydrogen-bond acceptors (Lipinski definition) is 2. The van der Waals surface area contributed by atoms with Crippen LogP contribution in [0.4, 0.5) is 0 Å². The first-order chi connectivity index (χ1) is 4.39. The third kappa shape index (κ3) is 2.33. The summed E-state index contributed by atoms with van der Waals surface area (Å²) in [6, 6.07) is 0.178. The van der Waals surface area contributed by atoms with Crippen molar-refractivity contribution in [2.75, 3.05) is 0 Å². The van der Waals surface area contributed by atoms with Gasteiger partial charge in [-0.2, -0.15) is 0 Å². The largest absolute Gasteiger partial charge is 0.253 e. The summed E-state index contributed by atoms with van der Waals surface area (Å²) in [4.78, 5) is 10.3. The van der Waals surface area contributed by atoms with Crippen molar-refractivity contribution in [3.63, 3.8) is 0 Å². The van der Waals surface area contributed by atoms with Crippen LogP contribution in [0.5, 0.6) is 0 Å². The Balaban J connectivity index is 4.21. The second kappa shape index (κ2) is 2.99. The average molecular weight is 144 g/mol. The molecule has 0 rings (SSSR count). The zero-order valence-electron chi connectivity index (χ0n) is 7.38. The molecule has 0 N–H and O–H groups in total. The van der Waals surface area contributed by atoms with Gasteiger partial charge in [-0.05, 0) is 34.6 Å². The summed E-state index contributed by atoms with van der Waals surface area (Å²) in [6.07, 6.45) is 0. The van der Waals surface area contributed by atoms with Crippen LogP contribution in [0.15, 0.2) is 5.29 Å². The number of hydrogen-bond donors (Lipinski definition) is 0. The first-order valence-corrected chi connectivity index (χ1v) is 3.52. The summed E-state index contributed by atoms with van der Waals surface area (Å²) in [5.41, 5.74) is -0.157. The molecule has 0 saturated carbocycles. The van der Waals surface area contributed by atoms with Crippen molar-refractivity contribution in [1.29, 1.82) is 0 Å². The summed E-state index contributed by atoms with van der Waals surface area (Å²) >= 11 is 0. The van der Waals surface area contributed by atoms with E-state index in [-0.39, 0.29) is 11.6 Å². The van der Waals surface area contributed by atoms with Crippen molar-refractivity contribution < 1.29 is 0 Å².